The molecule has 0 spiro atoms. The van der Waals surface area contributed by atoms with Crippen molar-refractivity contribution in [3.63, 3.8) is 0 Å². The lowest BCUT2D eigenvalue weighted by Crippen LogP contribution is -2.29. The van der Waals surface area contributed by atoms with E-state index in [0.29, 0.717) is 32.2 Å². The maximum atomic E-state index is 12.5. The molecular formula is C16H15Cl2N3O2S. The van der Waals surface area contributed by atoms with E-state index < -0.39 is 0 Å². The molecule has 1 aromatic carbocycles. The molecule has 0 aliphatic carbocycles. The molecule has 0 saturated carbocycles. The second kappa shape index (κ2) is 6.78. The van der Waals surface area contributed by atoms with Gasteiger partial charge in [0.15, 0.2) is 5.16 Å². The van der Waals surface area contributed by atoms with Crippen molar-refractivity contribution in [2.75, 3.05) is 11.1 Å². The highest BCUT2D eigenvalue weighted by molar-refractivity contribution is 7.99. The van der Waals surface area contributed by atoms with Crippen LogP contribution in [0.15, 0.2) is 28.2 Å². The Labute approximate surface area is 153 Å². The Kier molecular flexibility index (Phi) is 4.90. The number of fused-ring (bicyclic) bond motifs is 1. The fourth-order valence-corrected chi connectivity index (χ4v) is 4.17. The Morgan fingerprint density at radius 1 is 1.42 bits per heavy atom. The van der Waals surface area contributed by atoms with E-state index in [4.69, 9.17) is 23.2 Å². The second-order valence-corrected chi connectivity index (χ2v) is 7.45. The number of carbonyl (C=O) groups excluding carboxylic acids is 1. The summed E-state index contributed by atoms with van der Waals surface area (Å²) in [5.41, 5.74) is 1.77. The number of hydrogen-bond acceptors (Lipinski definition) is 4. The first kappa shape index (κ1) is 17.3. The van der Waals surface area contributed by atoms with Gasteiger partial charge in [0.2, 0.25) is 5.91 Å². The van der Waals surface area contributed by atoms with Gasteiger partial charge in [0, 0.05) is 28.5 Å². The molecule has 2 aromatic rings. The number of aromatic nitrogens is 2. The fraction of sp³-hybridized carbons (Fsp3) is 0.312. The van der Waals surface area contributed by atoms with E-state index in [-0.39, 0.29) is 23.9 Å². The van der Waals surface area contributed by atoms with Crippen molar-refractivity contribution in [1.29, 1.82) is 0 Å². The van der Waals surface area contributed by atoms with Crippen LogP contribution in [0.4, 0.5) is 5.69 Å². The maximum absolute atomic E-state index is 12.5. The number of halogens is 2. The summed E-state index contributed by atoms with van der Waals surface area (Å²) in [7, 11) is 0. The van der Waals surface area contributed by atoms with Crippen LogP contribution in [0.2, 0.25) is 10.0 Å². The topological polar surface area (TPSA) is 64.0 Å². The molecule has 1 aromatic heterocycles. The molecule has 0 bridgehead atoms. The molecular weight excluding hydrogens is 369 g/mol. The number of nitrogens with zero attached hydrogens (tertiary/aromatic N) is 2. The highest BCUT2D eigenvalue weighted by atomic mass is 35.5. The Morgan fingerprint density at radius 3 is 2.88 bits per heavy atom. The largest absolute Gasteiger partial charge is 0.325 e. The summed E-state index contributed by atoms with van der Waals surface area (Å²) < 4.78 is 1.62. The van der Waals surface area contributed by atoms with Crippen LogP contribution in [0.5, 0.6) is 0 Å². The van der Waals surface area contributed by atoms with Gasteiger partial charge in [-0.3, -0.25) is 14.2 Å². The first-order chi connectivity index (χ1) is 11.4. The number of hydrogen-bond donors (Lipinski definition) is 1. The van der Waals surface area contributed by atoms with Crippen molar-refractivity contribution in [3.8, 4) is 0 Å². The third-order valence-corrected chi connectivity index (χ3v) is 5.59. The number of anilines is 1. The van der Waals surface area contributed by atoms with E-state index in [0.717, 1.165) is 5.69 Å². The summed E-state index contributed by atoms with van der Waals surface area (Å²) in [6, 6.07) is 4.67. The lowest BCUT2D eigenvalue weighted by atomic mass is 10.2. The normalized spacial score (nSPS) is 16.1. The third kappa shape index (κ3) is 3.31. The van der Waals surface area contributed by atoms with E-state index in [9.17, 15) is 9.59 Å². The van der Waals surface area contributed by atoms with Crippen molar-refractivity contribution in [1.82, 2.24) is 9.55 Å². The summed E-state index contributed by atoms with van der Waals surface area (Å²) in [4.78, 5) is 29.2. The number of rotatable bonds is 3. The van der Waals surface area contributed by atoms with Crippen LogP contribution in [-0.4, -0.2) is 21.2 Å². The monoisotopic (exact) mass is 383 g/mol. The average molecular weight is 384 g/mol. The fourth-order valence-electron chi connectivity index (χ4n) is 2.53. The van der Waals surface area contributed by atoms with Crippen LogP contribution >= 0.6 is 35.0 Å². The molecule has 0 fully saturated rings. The molecule has 1 atom stereocenters. The van der Waals surface area contributed by atoms with Gasteiger partial charge in [-0.05, 0) is 32.0 Å². The minimum Gasteiger partial charge on any atom is -0.325 e. The summed E-state index contributed by atoms with van der Waals surface area (Å²) in [5, 5.41) is 4.32. The van der Waals surface area contributed by atoms with Gasteiger partial charge >= 0.3 is 0 Å². The third-order valence-electron chi connectivity index (χ3n) is 3.95. The number of thioether (sulfide) groups is 1. The number of carbonyl (C=O) groups is 1. The van der Waals surface area contributed by atoms with Gasteiger partial charge in [-0.1, -0.05) is 35.0 Å². The molecule has 0 saturated heterocycles. The van der Waals surface area contributed by atoms with Crippen molar-refractivity contribution >= 4 is 46.6 Å². The van der Waals surface area contributed by atoms with Crippen LogP contribution in [0.25, 0.3) is 0 Å². The quantitative estimate of drug-likeness (QED) is 0.817. The Morgan fingerprint density at radius 2 is 2.17 bits per heavy atom. The van der Waals surface area contributed by atoms with Gasteiger partial charge < -0.3 is 5.32 Å². The number of amides is 1. The number of nitrogens with one attached hydrogen (secondary N) is 1. The molecule has 126 valence electrons. The smallest absolute Gasteiger partial charge is 0.257 e. The molecule has 24 heavy (non-hydrogen) atoms. The molecule has 3 rings (SSSR count). The van der Waals surface area contributed by atoms with E-state index >= 15 is 0 Å². The molecule has 1 aliphatic rings. The van der Waals surface area contributed by atoms with E-state index in [1.54, 1.807) is 29.7 Å². The lowest BCUT2D eigenvalue weighted by molar-refractivity contribution is -0.116. The highest BCUT2D eigenvalue weighted by Gasteiger charge is 2.28. The second-order valence-electron chi connectivity index (χ2n) is 5.62. The lowest BCUT2D eigenvalue weighted by Gasteiger charge is -2.15. The van der Waals surface area contributed by atoms with E-state index in [1.807, 2.05) is 6.92 Å². The van der Waals surface area contributed by atoms with E-state index in [1.165, 1.54) is 11.8 Å². The molecule has 5 nitrogen and oxygen atoms in total. The molecule has 0 radical (unpaired) electrons. The Bertz CT molecular complexity index is 882. The molecule has 8 heteroatoms. The molecule has 2 heterocycles. The first-order valence-corrected chi connectivity index (χ1v) is 9.08. The molecule has 1 aliphatic heterocycles. The van der Waals surface area contributed by atoms with Crippen molar-refractivity contribution < 1.29 is 4.79 Å². The zero-order valence-electron chi connectivity index (χ0n) is 13.1. The van der Waals surface area contributed by atoms with E-state index in [2.05, 4.69) is 10.3 Å². The van der Waals surface area contributed by atoms with Gasteiger partial charge in [-0.15, -0.1) is 0 Å². The Hall–Kier alpha value is -1.50. The summed E-state index contributed by atoms with van der Waals surface area (Å²) in [6.07, 6.45) is 0.184. The minimum atomic E-state index is -0.213. The van der Waals surface area contributed by atoms with Gasteiger partial charge in [0.05, 0.1) is 16.8 Å². The standard InChI is InChI=1S/C16H15Cl2N3O2S/c1-8-9(2)19-16-21(15(8)23)11(7-24-16)6-14(22)20-13-4-3-10(17)5-12(13)18/h3-5,11H,6-7H2,1-2H3,(H,20,22). The van der Waals surface area contributed by atoms with Gasteiger partial charge in [0.25, 0.3) is 5.56 Å². The molecule has 1 unspecified atom stereocenters. The first-order valence-electron chi connectivity index (χ1n) is 7.34. The molecule has 1 N–H and O–H groups in total. The predicted octanol–water partition coefficient (Wildman–Crippen LogP) is 3.84. The van der Waals surface area contributed by atoms with Crippen LogP contribution in [0, 0.1) is 13.8 Å². The minimum absolute atomic E-state index is 0.0789. The van der Waals surface area contributed by atoms with Gasteiger partial charge in [0.1, 0.15) is 0 Å². The summed E-state index contributed by atoms with van der Waals surface area (Å²) in [5.74, 6) is 0.440. The zero-order chi connectivity index (χ0) is 17.4. The average Bonchev–Trinajstić information content (AvgIpc) is 2.90. The van der Waals surface area contributed by atoms with Crippen LogP contribution in [-0.2, 0) is 4.79 Å². The van der Waals surface area contributed by atoms with Gasteiger partial charge in [-0.2, -0.15) is 0 Å². The molecule has 1 amide bonds. The van der Waals surface area contributed by atoms with Crippen LogP contribution in [0.1, 0.15) is 23.7 Å². The zero-order valence-corrected chi connectivity index (χ0v) is 15.4. The maximum Gasteiger partial charge on any atom is 0.257 e. The van der Waals surface area contributed by atoms with Gasteiger partial charge in [-0.25, -0.2) is 4.98 Å². The highest BCUT2D eigenvalue weighted by Crippen LogP contribution is 2.33. The number of aryl methyl sites for hydroxylation is 1. The Balaban J connectivity index is 1.78. The predicted molar refractivity (Wildman–Crippen MR) is 97.4 cm³/mol. The SMILES string of the molecule is Cc1nc2n(c(=O)c1C)C(CC(=O)Nc1ccc(Cl)cc1Cl)CS2. The van der Waals surface area contributed by atoms with Crippen LogP contribution in [0.3, 0.4) is 0 Å². The van der Waals surface area contributed by atoms with Crippen molar-refractivity contribution in [2.24, 2.45) is 0 Å². The van der Waals surface area contributed by atoms with Crippen molar-refractivity contribution in [3.05, 3.63) is 49.9 Å². The number of benzene rings is 1. The summed E-state index contributed by atoms with van der Waals surface area (Å²) >= 11 is 13.4. The van der Waals surface area contributed by atoms with Crippen molar-refractivity contribution in [2.45, 2.75) is 31.5 Å². The summed E-state index contributed by atoms with van der Waals surface area (Å²) in [6.45, 7) is 3.58. The van der Waals surface area contributed by atoms with Crippen LogP contribution < -0.4 is 10.9 Å².